The summed E-state index contributed by atoms with van der Waals surface area (Å²) in [6.07, 6.45) is 0.916. The molecule has 3 N–H and O–H groups in total. The Morgan fingerprint density at radius 1 is 1.31 bits per heavy atom. The van der Waals surface area contributed by atoms with Gasteiger partial charge < -0.3 is 15.8 Å². The van der Waals surface area contributed by atoms with E-state index in [-0.39, 0.29) is 12.1 Å². The fourth-order valence-corrected chi connectivity index (χ4v) is 3.87. The van der Waals surface area contributed by atoms with E-state index in [1.807, 2.05) is 20.8 Å². The van der Waals surface area contributed by atoms with Crippen molar-refractivity contribution in [3.63, 3.8) is 0 Å². The van der Waals surface area contributed by atoms with Crippen molar-refractivity contribution in [3.05, 3.63) is 0 Å². The van der Waals surface area contributed by atoms with Gasteiger partial charge in [-0.1, -0.05) is 0 Å². The Morgan fingerprint density at radius 2 is 2.00 bits per heavy atom. The molecule has 16 heavy (non-hydrogen) atoms. The highest BCUT2D eigenvalue weighted by Crippen LogP contribution is 2.69. The van der Waals surface area contributed by atoms with Gasteiger partial charge in [-0.25, -0.2) is 4.79 Å². The van der Waals surface area contributed by atoms with Gasteiger partial charge in [-0.2, -0.15) is 0 Å². The largest absolute Gasteiger partial charge is 0.444 e. The molecule has 0 aromatic rings. The SMILES string of the molecule is CC(C)(C)OC(=O)NC1C2C3C[C@@H]1[C@H](N)C32. The minimum atomic E-state index is -0.420. The molecular weight excluding hydrogens is 204 g/mol. The topological polar surface area (TPSA) is 64.3 Å². The Labute approximate surface area is 95.9 Å². The summed E-state index contributed by atoms with van der Waals surface area (Å²) in [5, 5.41) is 3.01. The molecule has 0 aromatic carbocycles. The summed E-state index contributed by atoms with van der Waals surface area (Å²) in [6, 6.07) is 0.592. The fraction of sp³-hybridized carbons (Fsp3) is 0.917. The Kier molecular flexibility index (Phi) is 1.89. The molecule has 6 atom stereocenters. The lowest BCUT2D eigenvalue weighted by Gasteiger charge is -2.23. The van der Waals surface area contributed by atoms with E-state index in [4.69, 9.17) is 10.5 Å². The molecule has 4 aliphatic carbocycles. The second kappa shape index (κ2) is 2.92. The summed E-state index contributed by atoms with van der Waals surface area (Å²) >= 11 is 0. The number of alkyl carbamates (subject to hydrolysis) is 1. The zero-order chi connectivity index (χ0) is 11.7. The normalized spacial score (nSPS) is 48.0. The maximum atomic E-state index is 11.7. The number of nitrogens with two attached hydrogens (primary N) is 1. The Hall–Kier alpha value is -0.770. The van der Waals surface area contributed by atoms with Crippen LogP contribution in [0.25, 0.3) is 0 Å². The molecule has 4 rings (SSSR count). The van der Waals surface area contributed by atoms with Crippen molar-refractivity contribution in [1.29, 1.82) is 0 Å². The molecule has 4 aliphatic rings. The van der Waals surface area contributed by atoms with Crippen molar-refractivity contribution in [3.8, 4) is 0 Å². The Morgan fingerprint density at radius 3 is 2.38 bits per heavy atom. The molecule has 4 bridgehead atoms. The highest BCUT2D eigenvalue weighted by atomic mass is 16.6. The van der Waals surface area contributed by atoms with Crippen LogP contribution in [0.5, 0.6) is 0 Å². The average molecular weight is 224 g/mol. The van der Waals surface area contributed by atoms with E-state index in [0.717, 1.165) is 5.92 Å². The van der Waals surface area contributed by atoms with E-state index in [2.05, 4.69) is 5.32 Å². The quantitative estimate of drug-likeness (QED) is 0.701. The van der Waals surface area contributed by atoms with Crippen LogP contribution in [0.3, 0.4) is 0 Å². The Balaban J connectivity index is 1.59. The number of carbonyl (C=O) groups excluding carboxylic acids is 1. The van der Waals surface area contributed by atoms with Crippen molar-refractivity contribution < 1.29 is 9.53 Å². The van der Waals surface area contributed by atoms with Crippen LogP contribution in [0.15, 0.2) is 0 Å². The number of hydrogen-bond acceptors (Lipinski definition) is 3. The first-order valence-corrected chi connectivity index (χ1v) is 6.13. The Bertz CT molecular complexity index is 336. The maximum Gasteiger partial charge on any atom is 0.407 e. The molecule has 4 fully saturated rings. The van der Waals surface area contributed by atoms with Crippen LogP contribution < -0.4 is 11.1 Å². The molecule has 4 unspecified atom stereocenters. The predicted molar refractivity (Wildman–Crippen MR) is 59.7 cm³/mol. The molecule has 0 spiro atoms. The van der Waals surface area contributed by atoms with Crippen molar-refractivity contribution in [2.75, 3.05) is 0 Å². The van der Waals surface area contributed by atoms with E-state index >= 15 is 0 Å². The van der Waals surface area contributed by atoms with Crippen LogP contribution in [0.4, 0.5) is 4.79 Å². The van der Waals surface area contributed by atoms with Gasteiger partial charge in [-0.05, 0) is 50.9 Å². The molecule has 0 aromatic heterocycles. The second-order valence-electron chi connectivity index (χ2n) is 6.47. The van der Waals surface area contributed by atoms with Gasteiger partial charge >= 0.3 is 6.09 Å². The van der Waals surface area contributed by atoms with Gasteiger partial charge in [0.25, 0.3) is 0 Å². The molecule has 0 radical (unpaired) electrons. The van der Waals surface area contributed by atoms with E-state index in [9.17, 15) is 4.79 Å². The standard InChI is InChI=1S/C12H20N2O2/c1-12(2,3)16-11(15)14-10-6-4-5-7(8(5)10)9(6)13/h5-10H,4,13H2,1-3H3,(H,14,15)/t5?,6-,7?,8?,9+,10?/m1/s1. The van der Waals surface area contributed by atoms with Crippen LogP contribution in [-0.2, 0) is 4.74 Å². The summed E-state index contributed by atoms with van der Waals surface area (Å²) in [5.74, 6) is 2.62. The van der Waals surface area contributed by atoms with E-state index in [1.54, 1.807) is 0 Å². The molecule has 0 heterocycles. The van der Waals surface area contributed by atoms with E-state index in [0.29, 0.717) is 23.8 Å². The molecule has 4 saturated carbocycles. The van der Waals surface area contributed by atoms with Gasteiger partial charge in [-0.15, -0.1) is 0 Å². The van der Waals surface area contributed by atoms with Gasteiger partial charge in [0.1, 0.15) is 5.60 Å². The summed E-state index contributed by atoms with van der Waals surface area (Å²) in [4.78, 5) is 11.7. The molecule has 0 aliphatic heterocycles. The lowest BCUT2D eigenvalue weighted by atomic mass is 10.0. The number of carbonyl (C=O) groups is 1. The number of ether oxygens (including phenoxy) is 1. The first-order chi connectivity index (χ1) is 7.38. The minimum absolute atomic E-state index is 0.278. The van der Waals surface area contributed by atoms with Crippen molar-refractivity contribution in [2.24, 2.45) is 29.4 Å². The summed E-state index contributed by atoms with van der Waals surface area (Å²) < 4.78 is 5.28. The van der Waals surface area contributed by atoms with Crippen molar-refractivity contribution >= 4 is 6.09 Å². The number of hydrogen-bond donors (Lipinski definition) is 2. The first kappa shape index (κ1) is 10.4. The maximum absolute atomic E-state index is 11.7. The number of rotatable bonds is 1. The highest BCUT2D eigenvalue weighted by molar-refractivity contribution is 5.68. The van der Waals surface area contributed by atoms with Crippen molar-refractivity contribution in [2.45, 2.75) is 44.9 Å². The lowest BCUT2D eigenvalue weighted by molar-refractivity contribution is 0.0492. The summed E-state index contributed by atoms with van der Waals surface area (Å²) in [7, 11) is 0. The zero-order valence-corrected chi connectivity index (χ0v) is 10.1. The fourth-order valence-electron chi connectivity index (χ4n) is 3.87. The van der Waals surface area contributed by atoms with Crippen LogP contribution in [0.1, 0.15) is 27.2 Å². The highest BCUT2D eigenvalue weighted by Gasteiger charge is 2.72. The number of nitrogens with one attached hydrogen (secondary N) is 1. The molecule has 1 amide bonds. The van der Waals surface area contributed by atoms with Crippen LogP contribution in [-0.4, -0.2) is 23.8 Å². The molecular formula is C12H20N2O2. The average Bonchev–Trinajstić information content (AvgIpc) is 2.43. The third-order valence-electron chi connectivity index (χ3n) is 4.33. The first-order valence-electron chi connectivity index (χ1n) is 6.13. The third kappa shape index (κ3) is 1.35. The number of amides is 1. The van der Waals surface area contributed by atoms with Gasteiger partial charge in [0.05, 0.1) is 0 Å². The van der Waals surface area contributed by atoms with Crippen LogP contribution >= 0.6 is 0 Å². The van der Waals surface area contributed by atoms with E-state index in [1.165, 1.54) is 6.42 Å². The summed E-state index contributed by atoms with van der Waals surface area (Å²) in [6.45, 7) is 5.65. The third-order valence-corrected chi connectivity index (χ3v) is 4.33. The second-order valence-corrected chi connectivity index (χ2v) is 6.47. The van der Waals surface area contributed by atoms with Gasteiger partial charge in [0.2, 0.25) is 0 Å². The zero-order valence-electron chi connectivity index (χ0n) is 10.1. The predicted octanol–water partition coefficient (Wildman–Crippen LogP) is 1.10. The summed E-state index contributed by atoms with van der Waals surface area (Å²) in [5.41, 5.74) is 5.69. The van der Waals surface area contributed by atoms with Gasteiger partial charge in [0.15, 0.2) is 0 Å². The molecule has 4 heteroatoms. The van der Waals surface area contributed by atoms with Crippen LogP contribution in [0.2, 0.25) is 0 Å². The monoisotopic (exact) mass is 224 g/mol. The van der Waals surface area contributed by atoms with Gasteiger partial charge in [0, 0.05) is 12.1 Å². The van der Waals surface area contributed by atoms with E-state index < -0.39 is 5.60 Å². The van der Waals surface area contributed by atoms with Crippen LogP contribution in [0, 0.1) is 23.7 Å². The van der Waals surface area contributed by atoms with Crippen molar-refractivity contribution in [1.82, 2.24) is 5.32 Å². The molecule has 0 saturated heterocycles. The van der Waals surface area contributed by atoms with Gasteiger partial charge in [-0.3, -0.25) is 0 Å². The minimum Gasteiger partial charge on any atom is -0.444 e. The molecule has 90 valence electrons. The smallest absolute Gasteiger partial charge is 0.407 e. The molecule has 4 nitrogen and oxygen atoms in total. The lowest BCUT2D eigenvalue weighted by Crippen LogP contribution is -2.43.